The van der Waals surface area contributed by atoms with Gasteiger partial charge in [0.15, 0.2) is 0 Å². The molecule has 6 heteroatoms. The number of nitrogens with one attached hydrogen (secondary N) is 1. The second kappa shape index (κ2) is 4.97. The molecule has 3 N–H and O–H groups in total. The number of nitrogens with two attached hydrogens (primary N) is 1. The van der Waals surface area contributed by atoms with E-state index in [4.69, 9.17) is 5.84 Å². The predicted molar refractivity (Wildman–Crippen MR) is 69.1 cm³/mol. The lowest BCUT2D eigenvalue weighted by Crippen LogP contribution is -2.26. The number of pyridine rings is 1. The Hall–Kier alpha value is -2.21. The Kier molecular flexibility index (Phi) is 3.38. The number of anilines is 1. The Balaban J connectivity index is 2.31. The Morgan fingerprint density at radius 2 is 2.17 bits per heavy atom. The number of rotatable bonds is 3. The number of nitrogen functional groups attached to an aromatic ring is 1. The van der Waals surface area contributed by atoms with Crippen LogP contribution in [-0.4, -0.2) is 14.5 Å². The van der Waals surface area contributed by atoms with E-state index in [1.165, 1.54) is 0 Å². The summed E-state index contributed by atoms with van der Waals surface area (Å²) in [6.07, 6.45) is 1.68. The highest BCUT2D eigenvalue weighted by Gasteiger charge is 2.04. The minimum Gasteiger partial charge on any atom is -0.308 e. The number of aromatic nitrogens is 3. The molecule has 6 nitrogen and oxygen atoms in total. The first-order valence-electron chi connectivity index (χ1n) is 5.57. The van der Waals surface area contributed by atoms with E-state index >= 15 is 0 Å². The van der Waals surface area contributed by atoms with Crippen molar-refractivity contribution in [1.29, 1.82) is 0 Å². The summed E-state index contributed by atoms with van der Waals surface area (Å²) < 4.78 is 1.61. The Morgan fingerprint density at radius 1 is 1.39 bits per heavy atom. The summed E-state index contributed by atoms with van der Waals surface area (Å²) in [5, 5.41) is 0. The van der Waals surface area contributed by atoms with Crippen LogP contribution in [0.25, 0.3) is 0 Å². The number of aryl methyl sites for hydroxylation is 2. The molecule has 2 heterocycles. The van der Waals surface area contributed by atoms with Gasteiger partial charge in [-0.1, -0.05) is 6.07 Å². The lowest BCUT2D eigenvalue weighted by atomic mass is 10.2. The summed E-state index contributed by atoms with van der Waals surface area (Å²) in [5.41, 5.74) is 4.75. The highest BCUT2D eigenvalue weighted by Crippen LogP contribution is 2.06. The van der Waals surface area contributed by atoms with Crippen LogP contribution in [0.3, 0.4) is 0 Å². The van der Waals surface area contributed by atoms with Gasteiger partial charge < -0.3 is 5.43 Å². The highest BCUT2D eigenvalue weighted by atomic mass is 16.1. The van der Waals surface area contributed by atoms with Crippen molar-refractivity contribution in [2.75, 3.05) is 5.43 Å². The minimum atomic E-state index is -0.242. The van der Waals surface area contributed by atoms with Gasteiger partial charge in [-0.25, -0.2) is 15.6 Å². The maximum atomic E-state index is 11.8. The van der Waals surface area contributed by atoms with Crippen molar-refractivity contribution >= 4 is 5.82 Å². The standard InChI is InChI=1S/C12H15N5O/c1-8-5-9(2)17(12(18)15-8)7-10-3-4-11(16-13)14-6-10/h3-6H,7,13H2,1-2H3,(H,14,16). The molecule has 0 radical (unpaired) electrons. The highest BCUT2D eigenvalue weighted by molar-refractivity contribution is 5.33. The van der Waals surface area contributed by atoms with Gasteiger partial charge in [0.05, 0.1) is 6.54 Å². The quantitative estimate of drug-likeness (QED) is 0.610. The summed E-state index contributed by atoms with van der Waals surface area (Å²) in [5.74, 6) is 5.83. The van der Waals surface area contributed by atoms with Crippen LogP contribution in [-0.2, 0) is 6.54 Å². The molecule has 2 aromatic rings. The van der Waals surface area contributed by atoms with Crippen LogP contribution in [0.2, 0.25) is 0 Å². The smallest absolute Gasteiger partial charge is 0.308 e. The van der Waals surface area contributed by atoms with E-state index in [0.29, 0.717) is 12.4 Å². The maximum absolute atomic E-state index is 11.8. The third-order valence-electron chi connectivity index (χ3n) is 2.66. The van der Waals surface area contributed by atoms with E-state index in [1.807, 2.05) is 26.0 Å². The average Bonchev–Trinajstić information content (AvgIpc) is 2.34. The van der Waals surface area contributed by atoms with Crippen LogP contribution in [0.15, 0.2) is 29.2 Å². The number of hydrogen-bond acceptors (Lipinski definition) is 5. The van der Waals surface area contributed by atoms with Crippen molar-refractivity contribution in [3.8, 4) is 0 Å². The molecule has 0 saturated heterocycles. The second-order valence-corrected chi connectivity index (χ2v) is 4.10. The summed E-state index contributed by atoms with van der Waals surface area (Å²) >= 11 is 0. The molecular weight excluding hydrogens is 230 g/mol. The van der Waals surface area contributed by atoms with E-state index < -0.39 is 0 Å². The lowest BCUT2D eigenvalue weighted by molar-refractivity contribution is 0.692. The fourth-order valence-corrected chi connectivity index (χ4v) is 1.75. The van der Waals surface area contributed by atoms with Crippen LogP contribution in [0.1, 0.15) is 17.0 Å². The van der Waals surface area contributed by atoms with Crippen LogP contribution >= 0.6 is 0 Å². The van der Waals surface area contributed by atoms with Crippen LogP contribution in [0.4, 0.5) is 5.82 Å². The summed E-state index contributed by atoms with van der Waals surface area (Å²) in [4.78, 5) is 19.8. The van der Waals surface area contributed by atoms with E-state index in [0.717, 1.165) is 17.0 Å². The van der Waals surface area contributed by atoms with Crippen molar-refractivity contribution in [3.05, 3.63) is 51.8 Å². The van der Waals surface area contributed by atoms with Crippen molar-refractivity contribution in [2.45, 2.75) is 20.4 Å². The van der Waals surface area contributed by atoms with Gasteiger partial charge in [0.25, 0.3) is 0 Å². The van der Waals surface area contributed by atoms with Gasteiger partial charge in [-0.3, -0.25) is 4.57 Å². The number of hydrogen-bond donors (Lipinski definition) is 2. The largest absolute Gasteiger partial charge is 0.348 e. The van der Waals surface area contributed by atoms with Gasteiger partial charge in [-0.2, -0.15) is 4.98 Å². The molecule has 0 aliphatic heterocycles. The second-order valence-electron chi connectivity index (χ2n) is 4.10. The molecule has 0 aromatic carbocycles. The van der Waals surface area contributed by atoms with Gasteiger partial charge in [-0.15, -0.1) is 0 Å². The maximum Gasteiger partial charge on any atom is 0.348 e. The van der Waals surface area contributed by atoms with Gasteiger partial charge in [-0.05, 0) is 31.5 Å². The van der Waals surface area contributed by atoms with E-state index in [1.54, 1.807) is 16.8 Å². The van der Waals surface area contributed by atoms with Gasteiger partial charge >= 0.3 is 5.69 Å². The summed E-state index contributed by atoms with van der Waals surface area (Å²) in [6.45, 7) is 4.15. The molecule has 0 fully saturated rings. The van der Waals surface area contributed by atoms with E-state index in [2.05, 4.69) is 15.4 Å². The molecule has 0 saturated carbocycles. The van der Waals surface area contributed by atoms with Crippen molar-refractivity contribution in [3.63, 3.8) is 0 Å². The van der Waals surface area contributed by atoms with Gasteiger partial charge in [0.2, 0.25) is 0 Å². The Morgan fingerprint density at radius 3 is 2.72 bits per heavy atom. The third kappa shape index (κ3) is 2.54. The molecule has 0 atom stereocenters. The Bertz CT molecular complexity index is 603. The molecule has 0 aliphatic rings. The fourth-order valence-electron chi connectivity index (χ4n) is 1.75. The van der Waals surface area contributed by atoms with Crippen LogP contribution in [0.5, 0.6) is 0 Å². The monoisotopic (exact) mass is 245 g/mol. The molecule has 0 bridgehead atoms. The first-order chi connectivity index (χ1) is 8.60. The van der Waals surface area contributed by atoms with E-state index in [-0.39, 0.29) is 5.69 Å². The Labute approximate surface area is 104 Å². The number of nitrogens with zero attached hydrogens (tertiary/aromatic N) is 3. The summed E-state index contributed by atoms with van der Waals surface area (Å²) in [6, 6.07) is 5.51. The molecule has 18 heavy (non-hydrogen) atoms. The molecule has 0 amide bonds. The summed E-state index contributed by atoms with van der Waals surface area (Å²) in [7, 11) is 0. The van der Waals surface area contributed by atoms with E-state index in [9.17, 15) is 4.79 Å². The number of hydrazine groups is 1. The third-order valence-corrected chi connectivity index (χ3v) is 2.66. The predicted octanol–water partition coefficient (Wildman–Crippen LogP) is 0.589. The molecule has 2 rings (SSSR count). The average molecular weight is 245 g/mol. The van der Waals surface area contributed by atoms with Crippen molar-refractivity contribution in [2.24, 2.45) is 5.84 Å². The molecule has 0 unspecified atom stereocenters. The first-order valence-corrected chi connectivity index (χ1v) is 5.57. The van der Waals surface area contributed by atoms with Crippen LogP contribution in [0, 0.1) is 13.8 Å². The van der Waals surface area contributed by atoms with Crippen molar-refractivity contribution in [1.82, 2.24) is 14.5 Å². The zero-order valence-electron chi connectivity index (χ0n) is 10.3. The van der Waals surface area contributed by atoms with Crippen LogP contribution < -0.4 is 17.0 Å². The molecule has 0 spiro atoms. The topological polar surface area (TPSA) is 85.8 Å². The van der Waals surface area contributed by atoms with Crippen molar-refractivity contribution < 1.29 is 0 Å². The first kappa shape index (κ1) is 12.3. The fraction of sp³-hybridized carbons (Fsp3) is 0.250. The minimum absolute atomic E-state index is 0.242. The zero-order valence-corrected chi connectivity index (χ0v) is 10.3. The lowest BCUT2D eigenvalue weighted by Gasteiger charge is -2.09. The SMILES string of the molecule is Cc1cc(C)n(Cc2ccc(NN)nc2)c(=O)n1. The molecule has 0 aliphatic carbocycles. The zero-order chi connectivity index (χ0) is 13.1. The molecule has 94 valence electrons. The van der Waals surface area contributed by atoms with Gasteiger partial charge in [0, 0.05) is 17.6 Å². The molecular formula is C12H15N5O. The normalized spacial score (nSPS) is 10.4. The van der Waals surface area contributed by atoms with Gasteiger partial charge in [0.1, 0.15) is 5.82 Å². The molecule has 2 aromatic heterocycles.